The topological polar surface area (TPSA) is 3.24 Å². The number of rotatable bonds is 3. The minimum Gasteiger partial charge on any atom is -0.301 e. The molecule has 22 heavy (non-hydrogen) atoms. The van der Waals surface area contributed by atoms with Crippen LogP contribution in [-0.2, 0) is 19.4 Å². The molecule has 0 N–H and O–H groups in total. The predicted octanol–water partition coefficient (Wildman–Crippen LogP) is 6.80. The maximum atomic E-state index is 3.90. The van der Waals surface area contributed by atoms with Crippen molar-refractivity contribution < 1.29 is 0 Å². The van der Waals surface area contributed by atoms with E-state index in [1.54, 1.807) is 16.0 Å². The Bertz CT molecular complexity index is 377. The molecule has 0 saturated heterocycles. The minimum absolute atomic E-state index is 1.13. The lowest BCUT2D eigenvalue weighted by atomic mass is 10.0. The third-order valence-electron chi connectivity index (χ3n) is 3.43. The van der Waals surface area contributed by atoms with Gasteiger partial charge in [-0.15, -0.1) is 11.3 Å². The monoisotopic (exact) mass is 325 g/mol. The van der Waals surface area contributed by atoms with Crippen molar-refractivity contribution in [3.05, 3.63) is 27.5 Å². The van der Waals surface area contributed by atoms with Gasteiger partial charge in [0.2, 0.25) is 0 Å². The highest BCUT2D eigenvalue weighted by molar-refractivity contribution is 7.13. The van der Waals surface area contributed by atoms with Gasteiger partial charge in [0.25, 0.3) is 0 Å². The molecule has 2 rings (SSSR count). The van der Waals surface area contributed by atoms with Gasteiger partial charge in [-0.3, -0.25) is 0 Å². The van der Waals surface area contributed by atoms with Crippen LogP contribution < -0.4 is 0 Å². The van der Waals surface area contributed by atoms with Gasteiger partial charge >= 0.3 is 0 Å². The summed E-state index contributed by atoms with van der Waals surface area (Å²) in [7, 11) is 2.20. The normalized spacial score (nSPS) is 12.5. The number of unbranched alkanes of at least 4 members (excludes halogenated alkanes) is 1. The van der Waals surface area contributed by atoms with Crippen LogP contribution in [0, 0.1) is 0 Å². The first-order chi connectivity index (χ1) is 10.7. The zero-order chi connectivity index (χ0) is 17.5. The van der Waals surface area contributed by atoms with E-state index in [-0.39, 0.29) is 0 Å². The molecule has 0 atom stereocenters. The molecular formula is C20H39NS. The van der Waals surface area contributed by atoms with Gasteiger partial charge in [-0.1, -0.05) is 74.0 Å². The summed E-state index contributed by atoms with van der Waals surface area (Å²) < 4.78 is 0. The summed E-state index contributed by atoms with van der Waals surface area (Å²) in [4.78, 5) is 5.35. The van der Waals surface area contributed by atoms with Crippen LogP contribution in [0.1, 0.15) is 82.2 Å². The molecule has 2 heteroatoms. The Morgan fingerprint density at radius 2 is 1.64 bits per heavy atom. The highest BCUT2D eigenvalue weighted by Gasteiger charge is 2.20. The molecule has 0 aliphatic carbocycles. The molecule has 2 heterocycles. The second-order valence-corrected chi connectivity index (χ2v) is 6.03. The Morgan fingerprint density at radius 1 is 1.09 bits per heavy atom. The van der Waals surface area contributed by atoms with Crippen LogP contribution in [0.5, 0.6) is 0 Å². The zero-order valence-corrected chi connectivity index (χ0v) is 17.2. The number of hydrogen-bond acceptors (Lipinski definition) is 2. The minimum atomic E-state index is 1.13. The highest BCUT2D eigenvalue weighted by atomic mass is 32.1. The Hall–Kier alpha value is -0.600. The van der Waals surface area contributed by atoms with Crippen LogP contribution in [0.4, 0.5) is 0 Å². The van der Waals surface area contributed by atoms with Crippen molar-refractivity contribution in [1.82, 2.24) is 4.90 Å². The molecule has 1 aromatic heterocycles. The van der Waals surface area contributed by atoms with Crippen LogP contribution in [-0.4, -0.2) is 18.5 Å². The van der Waals surface area contributed by atoms with Gasteiger partial charge < -0.3 is 4.90 Å². The van der Waals surface area contributed by atoms with Gasteiger partial charge in [-0.2, -0.15) is 0 Å². The molecule has 1 nitrogen and oxygen atoms in total. The van der Waals surface area contributed by atoms with E-state index < -0.39 is 0 Å². The van der Waals surface area contributed by atoms with E-state index in [2.05, 4.69) is 39.3 Å². The molecule has 0 spiro atoms. The molecule has 0 radical (unpaired) electrons. The molecule has 0 saturated carbocycles. The summed E-state index contributed by atoms with van der Waals surface area (Å²) in [5, 5.41) is 0. The molecule has 1 aliphatic heterocycles. The average molecular weight is 326 g/mol. The summed E-state index contributed by atoms with van der Waals surface area (Å²) in [6.45, 7) is 20.8. The van der Waals surface area contributed by atoms with Gasteiger partial charge in [0, 0.05) is 22.8 Å². The van der Waals surface area contributed by atoms with E-state index in [4.69, 9.17) is 0 Å². The smallest absolute Gasteiger partial charge is 0.0328 e. The van der Waals surface area contributed by atoms with E-state index in [0.717, 1.165) is 13.0 Å². The molecular weight excluding hydrogens is 286 g/mol. The summed E-state index contributed by atoms with van der Waals surface area (Å²) in [5.74, 6) is 0. The molecule has 130 valence electrons. The van der Waals surface area contributed by atoms with E-state index in [1.807, 2.05) is 45.1 Å². The Morgan fingerprint density at radius 3 is 2.05 bits per heavy atom. The Labute approximate surface area is 144 Å². The maximum Gasteiger partial charge on any atom is 0.0328 e. The number of nitrogens with zero attached hydrogens (tertiary/aromatic N) is 1. The van der Waals surface area contributed by atoms with Gasteiger partial charge in [0.15, 0.2) is 0 Å². The van der Waals surface area contributed by atoms with E-state index >= 15 is 0 Å². The van der Waals surface area contributed by atoms with E-state index in [1.165, 1.54) is 30.7 Å². The summed E-state index contributed by atoms with van der Waals surface area (Å²) >= 11 is 1.93. The fourth-order valence-electron chi connectivity index (χ4n) is 2.17. The molecule has 0 amide bonds. The van der Waals surface area contributed by atoms with E-state index in [9.17, 15) is 0 Å². The van der Waals surface area contributed by atoms with E-state index in [0.29, 0.717) is 0 Å². The van der Waals surface area contributed by atoms with Crippen molar-refractivity contribution in [2.45, 2.75) is 80.7 Å². The summed E-state index contributed by atoms with van der Waals surface area (Å²) in [6, 6.07) is 0. The highest BCUT2D eigenvalue weighted by Crippen LogP contribution is 2.33. The third kappa shape index (κ3) is 7.60. The summed E-state index contributed by atoms with van der Waals surface area (Å²) in [5.41, 5.74) is 3.17. The molecule has 1 aliphatic rings. The molecule has 1 aromatic rings. The van der Waals surface area contributed by atoms with Crippen LogP contribution in [0.3, 0.4) is 0 Å². The first-order valence-electron chi connectivity index (χ1n) is 9.12. The lowest BCUT2D eigenvalue weighted by Crippen LogP contribution is -2.25. The number of likely N-dealkylation sites (N-methyl/N-ethyl adjacent to an activating group) is 1. The standard InChI is InChI=1S/C12H17NS.C4H10.2C2H6/c1-4-9-10-6-7-13(3)8-12(10)14-11(9)5-2;1-3-4-2;2*1-2/h5H,2,4,6-8H2,1,3H3;3-4H2,1-2H3;2*1-2H3. The number of thiophene rings is 1. The second kappa shape index (κ2) is 15.3. The number of fused-ring (bicyclic) bond motifs is 1. The van der Waals surface area contributed by atoms with Gasteiger partial charge in [-0.05, 0) is 31.0 Å². The van der Waals surface area contributed by atoms with Crippen LogP contribution in [0.15, 0.2) is 6.58 Å². The predicted molar refractivity (Wildman–Crippen MR) is 107 cm³/mol. The lowest BCUT2D eigenvalue weighted by molar-refractivity contribution is 0.316. The lowest BCUT2D eigenvalue weighted by Gasteiger charge is -2.22. The third-order valence-corrected chi connectivity index (χ3v) is 4.68. The zero-order valence-electron chi connectivity index (χ0n) is 16.4. The fraction of sp³-hybridized carbons (Fsp3) is 0.700. The van der Waals surface area contributed by atoms with Gasteiger partial charge in [0.05, 0.1) is 0 Å². The SMILES string of the molecule is C=Cc1sc2c(c1CC)CCN(C)C2.CC.CC.CCCC. The van der Waals surface area contributed by atoms with Crippen molar-refractivity contribution in [2.75, 3.05) is 13.6 Å². The van der Waals surface area contributed by atoms with Crippen LogP contribution >= 0.6 is 11.3 Å². The van der Waals surface area contributed by atoms with Crippen molar-refractivity contribution in [2.24, 2.45) is 0 Å². The molecule has 0 bridgehead atoms. The first-order valence-corrected chi connectivity index (χ1v) is 9.93. The average Bonchev–Trinajstić information content (AvgIpc) is 2.95. The quantitative estimate of drug-likeness (QED) is 0.590. The van der Waals surface area contributed by atoms with Crippen molar-refractivity contribution >= 4 is 17.4 Å². The van der Waals surface area contributed by atoms with Gasteiger partial charge in [0.1, 0.15) is 0 Å². The van der Waals surface area contributed by atoms with Crippen molar-refractivity contribution in [3.8, 4) is 0 Å². The largest absolute Gasteiger partial charge is 0.301 e. The Kier molecular flexibility index (Phi) is 16.5. The first kappa shape index (κ1) is 23.7. The van der Waals surface area contributed by atoms with Crippen molar-refractivity contribution in [3.63, 3.8) is 0 Å². The maximum absolute atomic E-state index is 3.90. The van der Waals surface area contributed by atoms with Crippen LogP contribution in [0.2, 0.25) is 0 Å². The van der Waals surface area contributed by atoms with Crippen LogP contribution in [0.25, 0.3) is 6.08 Å². The second-order valence-electron chi connectivity index (χ2n) is 4.89. The van der Waals surface area contributed by atoms with Crippen molar-refractivity contribution in [1.29, 1.82) is 0 Å². The van der Waals surface area contributed by atoms with Gasteiger partial charge in [-0.25, -0.2) is 0 Å². The number of hydrogen-bond donors (Lipinski definition) is 0. The molecule has 0 aromatic carbocycles. The fourth-order valence-corrected chi connectivity index (χ4v) is 3.54. The molecule has 0 fully saturated rings. The Balaban J connectivity index is 0. The summed E-state index contributed by atoms with van der Waals surface area (Å²) in [6.07, 6.45) is 7.03. The molecule has 0 unspecified atom stereocenters.